The number of fused-ring (bicyclic) bond motifs is 1. The van der Waals surface area contributed by atoms with Crippen molar-refractivity contribution in [2.75, 3.05) is 19.7 Å². The number of hydrogen-bond donors (Lipinski definition) is 1. The molecule has 6 nitrogen and oxygen atoms in total. The van der Waals surface area contributed by atoms with Gasteiger partial charge in [-0.1, -0.05) is 54.1 Å². The fourth-order valence-electron chi connectivity index (χ4n) is 4.97. The van der Waals surface area contributed by atoms with Gasteiger partial charge in [-0.25, -0.2) is 0 Å². The van der Waals surface area contributed by atoms with E-state index in [9.17, 15) is 14.7 Å². The van der Waals surface area contributed by atoms with E-state index in [1.165, 1.54) is 11.8 Å². The number of nitrogens with zero attached hydrogens (tertiary/aromatic N) is 3. The summed E-state index contributed by atoms with van der Waals surface area (Å²) in [6.07, 6.45) is 3.14. The predicted molar refractivity (Wildman–Crippen MR) is 121 cm³/mol. The van der Waals surface area contributed by atoms with Gasteiger partial charge in [0.1, 0.15) is 6.54 Å². The van der Waals surface area contributed by atoms with E-state index in [1.807, 2.05) is 0 Å². The third kappa shape index (κ3) is 3.46. The second-order valence-corrected chi connectivity index (χ2v) is 8.56. The number of hydrogen-bond acceptors (Lipinski definition) is 4. The summed E-state index contributed by atoms with van der Waals surface area (Å²) in [5.41, 5.74) is 5.05. The number of pyridine rings is 1. The largest absolute Gasteiger partial charge is 0.394 e. The van der Waals surface area contributed by atoms with Crippen molar-refractivity contribution >= 4 is 11.8 Å². The van der Waals surface area contributed by atoms with Gasteiger partial charge in [0.15, 0.2) is 0 Å². The van der Waals surface area contributed by atoms with Crippen LogP contribution in [0.4, 0.5) is 0 Å². The van der Waals surface area contributed by atoms with Gasteiger partial charge in [-0.3, -0.25) is 14.6 Å². The van der Waals surface area contributed by atoms with E-state index < -0.39 is 0 Å². The number of carbonyl (C=O) groups excluding carboxylic acids is 2. The van der Waals surface area contributed by atoms with Crippen LogP contribution in [0.15, 0.2) is 73.1 Å². The van der Waals surface area contributed by atoms with E-state index in [1.54, 1.807) is 28.1 Å². The van der Waals surface area contributed by atoms with Crippen molar-refractivity contribution in [3.63, 3.8) is 0 Å². The number of aromatic nitrogens is 1. The summed E-state index contributed by atoms with van der Waals surface area (Å²) in [5, 5.41) is 10.0. The Hall–Kier alpha value is -3.51. The molecule has 0 unspecified atom stereocenters. The molecule has 2 amide bonds. The average molecular weight is 428 g/mol. The standard InChI is InChI=1S/C26H25N3O3/c1-17-4-6-18(7-5-17)19-8-10-20(11-9-19)25-22-14-28(15-24(31)29(22)23(25)16-30)26(32)21-3-2-12-27-13-21/h2-13,22-23,25,30H,14-16H2,1H3/t22-,23-,25+/m0/s1. The number of aliphatic hydroxyl groups excluding tert-OH is 1. The maximum absolute atomic E-state index is 12.9. The highest BCUT2D eigenvalue weighted by Crippen LogP contribution is 2.43. The van der Waals surface area contributed by atoms with E-state index in [0.717, 1.165) is 16.7 Å². The van der Waals surface area contributed by atoms with Crippen molar-refractivity contribution in [2.45, 2.75) is 24.9 Å². The van der Waals surface area contributed by atoms with Gasteiger partial charge in [0.25, 0.3) is 5.91 Å². The summed E-state index contributed by atoms with van der Waals surface area (Å²) >= 11 is 0. The molecule has 0 spiro atoms. The first-order valence-electron chi connectivity index (χ1n) is 10.8. The third-order valence-electron chi connectivity index (χ3n) is 6.63. The Labute approximate surface area is 187 Å². The maximum Gasteiger partial charge on any atom is 0.255 e. The van der Waals surface area contributed by atoms with Crippen molar-refractivity contribution in [2.24, 2.45) is 0 Å². The lowest BCUT2D eigenvalue weighted by molar-refractivity contribution is -0.159. The predicted octanol–water partition coefficient (Wildman–Crippen LogP) is 2.87. The van der Waals surface area contributed by atoms with E-state index in [4.69, 9.17) is 0 Å². The van der Waals surface area contributed by atoms with Crippen molar-refractivity contribution < 1.29 is 14.7 Å². The molecule has 1 N–H and O–H groups in total. The number of amides is 2. The number of aliphatic hydroxyl groups is 1. The second-order valence-electron chi connectivity index (χ2n) is 8.56. The van der Waals surface area contributed by atoms with Crippen molar-refractivity contribution in [1.29, 1.82) is 0 Å². The van der Waals surface area contributed by atoms with E-state index in [0.29, 0.717) is 12.1 Å². The molecule has 3 atom stereocenters. The van der Waals surface area contributed by atoms with Crippen molar-refractivity contribution in [1.82, 2.24) is 14.8 Å². The zero-order valence-electron chi connectivity index (χ0n) is 17.9. The molecule has 0 bridgehead atoms. The molecule has 32 heavy (non-hydrogen) atoms. The van der Waals surface area contributed by atoms with Gasteiger partial charge in [0.2, 0.25) is 5.91 Å². The maximum atomic E-state index is 12.9. The van der Waals surface area contributed by atoms with Gasteiger partial charge in [0, 0.05) is 24.9 Å². The Kier molecular flexibility index (Phi) is 5.23. The van der Waals surface area contributed by atoms with Crippen LogP contribution in [0.1, 0.15) is 27.4 Å². The Morgan fingerprint density at radius 3 is 2.38 bits per heavy atom. The summed E-state index contributed by atoms with van der Waals surface area (Å²) in [5.74, 6) is -0.322. The molecule has 0 aliphatic carbocycles. The van der Waals surface area contributed by atoms with Gasteiger partial charge >= 0.3 is 0 Å². The zero-order chi connectivity index (χ0) is 22.2. The first-order chi connectivity index (χ1) is 15.6. The molecule has 2 fully saturated rings. The Morgan fingerprint density at radius 1 is 1.06 bits per heavy atom. The number of piperazine rings is 1. The fraction of sp³-hybridized carbons (Fsp3) is 0.269. The van der Waals surface area contributed by atoms with Gasteiger partial charge in [-0.15, -0.1) is 0 Å². The number of benzene rings is 2. The lowest BCUT2D eigenvalue weighted by Crippen LogP contribution is -2.73. The molecule has 2 aliphatic heterocycles. The molecular formula is C26H25N3O3. The zero-order valence-corrected chi connectivity index (χ0v) is 17.9. The van der Waals surface area contributed by atoms with Crippen LogP contribution in [0.25, 0.3) is 11.1 Å². The topological polar surface area (TPSA) is 73.7 Å². The Morgan fingerprint density at radius 2 is 1.75 bits per heavy atom. The number of carbonyl (C=O) groups is 2. The van der Waals surface area contributed by atoms with Crippen molar-refractivity contribution in [3.8, 4) is 11.1 Å². The van der Waals surface area contributed by atoms with Gasteiger partial charge < -0.3 is 14.9 Å². The summed E-state index contributed by atoms with van der Waals surface area (Å²) < 4.78 is 0. The molecule has 162 valence electrons. The van der Waals surface area contributed by atoms with Crippen LogP contribution in [-0.4, -0.2) is 63.5 Å². The highest BCUT2D eigenvalue weighted by Gasteiger charge is 2.54. The molecule has 0 saturated carbocycles. The van der Waals surface area contributed by atoms with Gasteiger partial charge in [-0.05, 0) is 35.7 Å². The Bertz CT molecular complexity index is 1130. The first-order valence-corrected chi connectivity index (χ1v) is 10.8. The van der Waals surface area contributed by atoms with E-state index in [2.05, 4.69) is 60.4 Å². The molecule has 0 radical (unpaired) electrons. The average Bonchev–Trinajstić information content (AvgIpc) is 2.81. The minimum absolute atomic E-state index is 0.0134. The third-order valence-corrected chi connectivity index (χ3v) is 6.63. The number of aryl methyl sites for hydroxylation is 1. The lowest BCUT2D eigenvalue weighted by atomic mass is 9.73. The Balaban J connectivity index is 1.38. The van der Waals surface area contributed by atoms with Crippen LogP contribution in [0.3, 0.4) is 0 Å². The molecule has 1 aromatic heterocycles. The highest BCUT2D eigenvalue weighted by atomic mass is 16.3. The van der Waals surface area contributed by atoms with E-state index in [-0.39, 0.29) is 43.0 Å². The summed E-state index contributed by atoms with van der Waals surface area (Å²) in [6, 6.07) is 19.7. The van der Waals surface area contributed by atoms with Crippen LogP contribution >= 0.6 is 0 Å². The van der Waals surface area contributed by atoms with Crippen molar-refractivity contribution in [3.05, 3.63) is 89.7 Å². The molecule has 5 rings (SSSR count). The second kappa shape index (κ2) is 8.20. The summed E-state index contributed by atoms with van der Waals surface area (Å²) in [4.78, 5) is 33.1. The normalized spacial score (nSPS) is 22.3. The smallest absolute Gasteiger partial charge is 0.255 e. The van der Waals surface area contributed by atoms with Crippen LogP contribution < -0.4 is 0 Å². The molecular weight excluding hydrogens is 402 g/mol. The minimum atomic E-state index is -0.256. The molecule has 2 saturated heterocycles. The van der Waals surface area contributed by atoms with Crippen LogP contribution in [0.5, 0.6) is 0 Å². The minimum Gasteiger partial charge on any atom is -0.394 e. The summed E-state index contributed by atoms with van der Waals surface area (Å²) in [7, 11) is 0. The number of rotatable bonds is 4. The van der Waals surface area contributed by atoms with Crippen LogP contribution in [0.2, 0.25) is 0 Å². The molecule has 3 heterocycles. The first kappa shape index (κ1) is 20.4. The fourth-order valence-corrected chi connectivity index (χ4v) is 4.97. The van der Waals surface area contributed by atoms with E-state index >= 15 is 0 Å². The SMILES string of the molecule is Cc1ccc(-c2ccc([C@H]3[C@H](CO)N4C(=O)CN(C(=O)c5cccnc5)C[C@@H]34)cc2)cc1. The molecule has 3 aromatic rings. The van der Waals surface area contributed by atoms with Crippen LogP contribution in [-0.2, 0) is 4.79 Å². The molecule has 2 aliphatic rings. The monoisotopic (exact) mass is 427 g/mol. The van der Waals surface area contributed by atoms with Gasteiger partial charge in [0.05, 0.1) is 24.3 Å². The molecule has 6 heteroatoms. The van der Waals surface area contributed by atoms with Gasteiger partial charge in [-0.2, -0.15) is 0 Å². The lowest BCUT2D eigenvalue weighted by Gasteiger charge is -2.58. The summed E-state index contributed by atoms with van der Waals surface area (Å²) in [6.45, 7) is 2.45. The highest BCUT2D eigenvalue weighted by molar-refractivity contribution is 5.97. The van der Waals surface area contributed by atoms with Crippen LogP contribution in [0, 0.1) is 6.92 Å². The molecule has 2 aromatic carbocycles. The quantitative estimate of drug-likeness (QED) is 0.695.